The summed E-state index contributed by atoms with van der Waals surface area (Å²) in [5.41, 5.74) is 13.4. The maximum absolute atomic E-state index is 12.0. The largest absolute Gasteiger partial charge is 0.493 e. The van der Waals surface area contributed by atoms with Crippen molar-refractivity contribution in [3.05, 3.63) is 95.3 Å². The molecule has 2 aromatic heterocycles. The highest BCUT2D eigenvalue weighted by Gasteiger charge is 2.20. The number of rotatable bonds is 11. The van der Waals surface area contributed by atoms with Gasteiger partial charge in [-0.25, -0.2) is 0 Å². The average Bonchev–Trinajstić information content (AvgIpc) is 3.18. The minimum Gasteiger partial charge on any atom is -0.493 e. The van der Waals surface area contributed by atoms with Gasteiger partial charge in [0, 0.05) is 30.8 Å². The minimum atomic E-state index is -0.363. The molecule has 1 amide bonds. The molecule has 4 aromatic rings. The lowest BCUT2D eigenvalue weighted by Gasteiger charge is -2.12. The molecule has 2 heterocycles. The molecule has 0 bridgehead atoms. The Kier molecular flexibility index (Phi) is 8.06. The Labute approximate surface area is 211 Å². The van der Waals surface area contributed by atoms with Crippen molar-refractivity contribution in [1.29, 1.82) is 0 Å². The second kappa shape index (κ2) is 11.6. The lowest BCUT2D eigenvalue weighted by Crippen LogP contribution is -2.14. The molecular formula is C30H32N2O4. The van der Waals surface area contributed by atoms with Gasteiger partial charge in [0.2, 0.25) is 5.91 Å². The number of aromatic nitrogens is 1. The van der Waals surface area contributed by atoms with Gasteiger partial charge in [-0.15, -0.1) is 0 Å². The molecule has 186 valence electrons. The highest BCUT2D eigenvalue weighted by atomic mass is 16.5. The van der Waals surface area contributed by atoms with Crippen molar-refractivity contribution in [2.24, 2.45) is 5.73 Å². The van der Waals surface area contributed by atoms with Crippen LogP contribution in [0.5, 0.6) is 5.75 Å². The number of pyridine rings is 1. The predicted octanol–water partition coefficient (Wildman–Crippen LogP) is 5.12. The lowest BCUT2D eigenvalue weighted by molar-refractivity contribution is -0.140. The topological polar surface area (TPSA) is 83.0 Å². The normalized spacial score (nSPS) is 10.9. The lowest BCUT2D eigenvalue weighted by atomic mass is 9.94. The number of amides is 1. The third kappa shape index (κ3) is 5.60. The zero-order chi connectivity index (χ0) is 25.5. The summed E-state index contributed by atoms with van der Waals surface area (Å²) in [5.74, 6) is 0.0738. The molecular weight excluding hydrogens is 452 g/mol. The number of nitrogens with zero attached hydrogens (tertiary/aromatic N) is 1. The van der Waals surface area contributed by atoms with Crippen LogP contribution in [0.15, 0.2) is 72.9 Å². The maximum Gasteiger partial charge on any atom is 0.305 e. The number of hydrogen-bond donors (Lipinski definition) is 1. The van der Waals surface area contributed by atoms with Crippen LogP contribution in [0.3, 0.4) is 0 Å². The van der Waals surface area contributed by atoms with E-state index in [1.807, 2.05) is 36.5 Å². The van der Waals surface area contributed by atoms with E-state index in [-0.39, 0.29) is 18.3 Å². The summed E-state index contributed by atoms with van der Waals surface area (Å²) in [4.78, 5) is 23.4. The molecule has 0 aliphatic rings. The fourth-order valence-electron chi connectivity index (χ4n) is 4.76. The van der Waals surface area contributed by atoms with Gasteiger partial charge in [0.05, 0.1) is 25.7 Å². The van der Waals surface area contributed by atoms with Crippen molar-refractivity contribution >= 4 is 17.4 Å². The molecule has 4 rings (SSSR count). The molecule has 0 aliphatic carbocycles. The van der Waals surface area contributed by atoms with E-state index in [1.54, 1.807) is 0 Å². The van der Waals surface area contributed by atoms with Gasteiger partial charge >= 0.3 is 5.97 Å². The van der Waals surface area contributed by atoms with E-state index in [0.29, 0.717) is 31.6 Å². The number of benzene rings is 2. The second-order valence-corrected chi connectivity index (χ2v) is 8.75. The van der Waals surface area contributed by atoms with Gasteiger partial charge in [-0.05, 0) is 46.7 Å². The number of fused-ring (bicyclic) bond motifs is 1. The van der Waals surface area contributed by atoms with Gasteiger partial charge < -0.3 is 19.6 Å². The van der Waals surface area contributed by atoms with Crippen LogP contribution >= 0.6 is 0 Å². The van der Waals surface area contributed by atoms with E-state index in [9.17, 15) is 9.59 Å². The molecule has 0 atom stereocenters. The van der Waals surface area contributed by atoms with Crippen molar-refractivity contribution < 1.29 is 19.1 Å². The number of nitrogens with two attached hydrogens (primary N) is 1. The first kappa shape index (κ1) is 25.0. The third-order valence-electron chi connectivity index (χ3n) is 6.43. The molecule has 0 unspecified atom stereocenters. The van der Waals surface area contributed by atoms with Crippen LogP contribution in [0.25, 0.3) is 16.6 Å². The van der Waals surface area contributed by atoms with Gasteiger partial charge in [0.1, 0.15) is 5.75 Å². The quantitative estimate of drug-likeness (QED) is 0.237. The number of carbonyl (C=O) groups excluding carboxylic acids is 2. The Hall–Kier alpha value is -4.06. The molecule has 36 heavy (non-hydrogen) atoms. The number of methoxy groups -OCH3 is 1. The monoisotopic (exact) mass is 484 g/mol. The summed E-state index contributed by atoms with van der Waals surface area (Å²) in [6.07, 6.45) is 4.53. The van der Waals surface area contributed by atoms with Crippen LogP contribution < -0.4 is 10.5 Å². The smallest absolute Gasteiger partial charge is 0.305 e. The van der Waals surface area contributed by atoms with Crippen LogP contribution in [-0.2, 0) is 33.6 Å². The van der Waals surface area contributed by atoms with Gasteiger partial charge in [-0.1, -0.05) is 61.5 Å². The fraction of sp³-hybridized carbons (Fsp3) is 0.267. The van der Waals surface area contributed by atoms with Crippen molar-refractivity contribution in [2.75, 3.05) is 13.7 Å². The summed E-state index contributed by atoms with van der Waals surface area (Å²) in [6.45, 7) is 2.51. The van der Waals surface area contributed by atoms with Crippen LogP contribution in [-0.4, -0.2) is 30.0 Å². The molecule has 0 radical (unpaired) electrons. The summed E-state index contributed by atoms with van der Waals surface area (Å²) in [7, 11) is 1.38. The summed E-state index contributed by atoms with van der Waals surface area (Å²) >= 11 is 0. The van der Waals surface area contributed by atoms with Gasteiger partial charge in [-0.3, -0.25) is 9.59 Å². The molecule has 0 fully saturated rings. The zero-order valence-corrected chi connectivity index (χ0v) is 20.8. The van der Waals surface area contributed by atoms with E-state index in [1.165, 1.54) is 23.8 Å². The Morgan fingerprint density at radius 2 is 1.72 bits per heavy atom. The number of carbonyl (C=O) groups is 2. The number of primary amides is 1. The van der Waals surface area contributed by atoms with Gasteiger partial charge in [0.25, 0.3) is 0 Å². The SMILES string of the molecule is CCc1c(CC(N)=O)c2cc(OCCCC(=O)OC)ccn2c1Cc1ccccc1-c1ccccc1. The van der Waals surface area contributed by atoms with Crippen molar-refractivity contribution in [3.8, 4) is 16.9 Å². The molecule has 2 aromatic carbocycles. The molecule has 2 N–H and O–H groups in total. The van der Waals surface area contributed by atoms with Crippen LogP contribution in [0, 0.1) is 0 Å². The third-order valence-corrected chi connectivity index (χ3v) is 6.43. The van der Waals surface area contributed by atoms with E-state index in [4.69, 9.17) is 10.5 Å². The zero-order valence-electron chi connectivity index (χ0n) is 20.8. The number of ether oxygens (including phenoxy) is 2. The van der Waals surface area contributed by atoms with Gasteiger partial charge in [-0.2, -0.15) is 0 Å². The molecule has 6 heteroatoms. The molecule has 0 aliphatic heterocycles. The van der Waals surface area contributed by atoms with Crippen LogP contribution in [0.1, 0.15) is 42.1 Å². The number of hydrogen-bond acceptors (Lipinski definition) is 4. The van der Waals surface area contributed by atoms with Crippen LogP contribution in [0.4, 0.5) is 0 Å². The first-order chi connectivity index (χ1) is 17.5. The molecule has 0 saturated carbocycles. The summed E-state index contributed by atoms with van der Waals surface area (Å²) in [6, 6.07) is 22.7. The Morgan fingerprint density at radius 1 is 0.972 bits per heavy atom. The summed E-state index contributed by atoms with van der Waals surface area (Å²) in [5, 5.41) is 0. The molecule has 0 saturated heterocycles. The Bertz CT molecular complexity index is 1360. The number of esters is 1. The maximum atomic E-state index is 12.0. The van der Waals surface area contributed by atoms with E-state index in [0.717, 1.165) is 28.8 Å². The van der Waals surface area contributed by atoms with Gasteiger partial charge in [0.15, 0.2) is 0 Å². The van der Waals surface area contributed by atoms with Crippen molar-refractivity contribution in [1.82, 2.24) is 4.40 Å². The van der Waals surface area contributed by atoms with Crippen LogP contribution in [0.2, 0.25) is 0 Å². The average molecular weight is 485 g/mol. The van der Waals surface area contributed by atoms with E-state index >= 15 is 0 Å². The van der Waals surface area contributed by atoms with Crippen molar-refractivity contribution in [3.63, 3.8) is 0 Å². The predicted molar refractivity (Wildman–Crippen MR) is 141 cm³/mol. The fourth-order valence-corrected chi connectivity index (χ4v) is 4.76. The van der Waals surface area contributed by atoms with E-state index < -0.39 is 0 Å². The Balaban J connectivity index is 1.72. The van der Waals surface area contributed by atoms with E-state index in [2.05, 4.69) is 52.5 Å². The first-order valence-electron chi connectivity index (χ1n) is 12.3. The summed E-state index contributed by atoms with van der Waals surface area (Å²) < 4.78 is 12.7. The van der Waals surface area contributed by atoms with Crippen molar-refractivity contribution in [2.45, 2.75) is 39.0 Å². The molecule has 6 nitrogen and oxygen atoms in total. The minimum absolute atomic E-state index is 0.165. The second-order valence-electron chi connectivity index (χ2n) is 8.75. The highest BCUT2D eigenvalue weighted by Crippen LogP contribution is 2.32. The molecule has 0 spiro atoms. The Morgan fingerprint density at radius 3 is 2.44 bits per heavy atom. The standard InChI is InChI=1S/C30H32N2O4/c1-3-24-26(20-29(31)33)28-19-23(36-17-9-14-30(34)35-2)15-16-32(28)27(24)18-22-12-7-8-13-25(22)21-10-5-4-6-11-21/h4-8,10-13,15-16,19H,3,9,14,17-18,20H2,1-2H3,(H2,31,33). The highest BCUT2D eigenvalue weighted by molar-refractivity contribution is 5.81. The first-order valence-corrected chi connectivity index (χ1v) is 12.3.